The Bertz CT molecular complexity index is 1020. The standard InChI is InChI=1S/C18H17ClN2O2S/c1-12-2-5-14(6-3-12)24(22,23)21-9-8-18-16(11-21)15-10-13(19)4-7-17(15)20-18/h2-7,10,20H,8-9,11H2,1H3. The monoisotopic (exact) mass is 360 g/mol. The van der Waals surface area contributed by atoms with E-state index in [9.17, 15) is 8.42 Å². The molecule has 1 aromatic heterocycles. The van der Waals surface area contributed by atoms with Gasteiger partial charge in [0.1, 0.15) is 0 Å². The molecule has 4 nitrogen and oxygen atoms in total. The minimum atomic E-state index is -3.49. The molecule has 2 aromatic carbocycles. The molecule has 2 heterocycles. The third-order valence-electron chi connectivity index (χ3n) is 4.56. The van der Waals surface area contributed by atoms with Crippen LogP contribution in [0.1, 0.15) is 16.8 Å². The van der Waals surface area contributed by atoms with Gasteiger partial charge in [-0.3, -0.25) is 0 Å². The van der Waals surface area contributed by atoms with Crippen LogP contribution < -0.4 is 0 Å². The van der Waals surface area contributed by atoms with Crippen molar-refractivity contribution in [3.8, 4) is 0 Å². The van der Waals surface area contributed by atoms with Gasteiger partial charge >= 0.3 is 0 Å². The number of rotatable bonds is 2. The third-order valence-corrected chi connectivity index (χ3v) is 6.66. The second-order valence-electron chi connectivity index (χ2n) is 6.17. The highest BCUT2D eigenvalue weighted by Gasteiger charge is 2.30. The van der Waals surface area contributed by atoms with Crippen LogP contribution in [0.2, 0.25) is 5.02 Å². The van der Waals surface area contributed by atoms with Crippen LogP contribution in [0.15, 0.2) is 47.4 Å². The maximum atomic E-state index is 12.9. The quantitative estimate of drug-likeness (QED) is 0.754. The largest absolute Gasteiger partial charge is 0.358 e. The zero-order valence-corrected chi connectivity index (χ0v) is 14.8. The molecule has 0 saturated carbocycles. The average Bonchev–Trinajstić information content (AvgIpc) is 2.92. The van der Waals surface area contributed by atoms with Gasteiger partial charge in [-0.2, -0.15) is 4.31 Å². The summed E-state index contributed by atoms with van der Waals surface area (Å²) in [6, 6.07) is 12.7. The molecule has 0 unspecified atom stereocenters. The Kier molecular flexibility index (Phi) is 3.67. The number of aromatic amines is 1. The van der Waals surface area contributed by atoms with Crippen LogP contribution in [0.25, 0.3) is 10.9 Å². The number of aromatic nitrogens is 1. The molecule has 0 atom stereocenters. The first-order valence-corrected chi connectivity index (χ1v) is 9.63. The molecular weight excluding hydrogens is 344 g/mol. The van der Waals surface area contributed by atoms with Crippen molar-refractivity contribution in [1.29, 1.82) is 0 Å². The Balaban J connectivity index is 1.74. The molecule has 0 bridgehead atoms. The highest BCUT2D eigenvalue weighted by Crippen LogP contribution is 2.32. The van der Waals surface area contributed by atoms with Gasteiger partial charge in [-0.1, -0.05) is 29.3 Å². The van der Waals surface area contributed by atoms with Crippen LogP contribution in [-0.2, 0) is 23.0 Å². The molecule has 0 amide bonds. The molecule has 4 rings (SSSR count). The summed E-state index contributed by atoms with van der Waals surface area (Å²) in [5.41, 5.74) is 4.16. The lowest BCUT2D eigenvalue weighted by Gasteiger charge is -2.26. The molecular formula is C18H17ClN2O2S. The van der Waals surface area contributed by atoms with Crippen LogP contribution in [0.4, 0.5) is 0 Å². The maximum Gasteiger partial charge on any atom is 0.243 e. The Morgan fingerprint density at radius 2 is 1.88 bits per heavy atom. The number of nitrogens with one attached hydrogen (secondary N) is 1. The van der Waals surface area contributed by atoms with Gasteiger partial charge in [-0.25, -0.2) is 8.42 Å². The van der Waals surface area contributed by atoms with Gasteiger partial charge in [-0.05, 0) is 42.8 Å². The van der Waals surface area contributed by atoms with Gasteiger partial charge in [0.05, 0.1) is 4.90 Å². The highest BCUT2D eigenvalue weighted by atomic mass is 35.5. The Morgan fingerprint density at radius 1 is 1.12 bits per heavy atom. The number of sulfonamides is 1. The van der Waals surface area contributed by atoms with Crippen LogP contribution in [0, 0.1) is 6.92 Å². The normalized spacial score (nSPS) is 15.6. The lowest BCUT2D eigenvalue weighted by molar-refractivity contribution is 0.391. The van der Waals surface area contributed by atoms with Crippen molar-refractivity contribution < 1.29 is 8.42 Å². The van der Waals surface area contributed by atoms with Crippen LogP contribution in [-0.4, -0.2) is 24.3 Å². The summed E-state index contributed by atoms with van der Waals surface area (Å²) in [5.74, 6) is 0. The number of benzene rings is 2. The lowest BCUT2D eigenvalue weighted by atomic mass is 10.1. The third kappa shape index (κ3) is 2.53. The zero-order chi connectivity index (χ0) is 16.9. The van der Waals surface area contributed by atoms with Crippen LogP contribution >= 0.6 is 11.6 Å². The number of H-pyrrole nitrogens is 1. The van der Waals surface area contributed by atoms with Gasteiger partial charge < -0.3 is 4.98 Å². The molecule has 0 radical (unpaired) electrons. The van der Waals surface area contributed by atoms with Crippen molar-refractivity contribution in [2.24, 2.45) is 0 Å². The minimum Gasteiger partial charge on any atom is -0.358 e. The van der Waals surface area contributed by atoms with Gasteiger partial charge in [0, 0.05) is 41.1 Å². The van der Waals surface area contributed by atoms with Gasteiger partial charge in [0.25, 0.3) is 0 Å². The van der Waals surface area contributed by atoms with E-state index in [0.29, 0.717) is 29.4 Å². The zero-order valence-electron chi connectivity index (χ0n) is 13.2. The molecule has 24 heavy (non-hydrogen) atoms. The van der Waals surface area contributed by atoms with Gasteiger partial charge in [0.15, 0.2) is 0 Å². The summed E-state index contributed by atoms with van der Waals surface area (Å²) in [5, 5.41) is 1.66. The minimum absolute atomic E-state index is 0.342. The Hall–Kier alpha value is -1.82. The molecule has 124 valence electrons. The summed E-state index contributed by atoms with van der Waals surface area (Å²) < 4.78 is 27.4. The predicted molar refractivity (Wildman–Crippen MR) is 95.8 cm³/mol. The Labute approximate surface area is 146 Å². The van der Waals surface area contributed by atoms with Gasteiger partial charge in [0.2, 0.25) is 10.0 Å². The number of aryl methyl sites for hydroxylation is 1. The first-order chi connectivity index (χ1) is 11.4. The van der Waals surface area contributed by atoms with E-state index in [2.05, 4.69) is 4.98 Å². The SMILES string of the molecule is Cc1ccc(S(=O)(=O)N2CCc3[nH]c4ccc(Cl)cc4c3C2)cc1. The van der Waals surface area contributed by atoms with Crippen molar-refractivity contribution in [2.45, 2.75) is 24.8 Å². The molecule has 3 aromatic rings. The molecule has 0 spiro atoms. The molecule has 0 aliphatic carbocycles. The number of hydrogen-bond donors (Lipinski definition) is 1. The van der Waals surface area contributed by atoms with Gasteiger partial charge in [-0.15, -0.1) is 0 Å². The highest BCUT2D eigenvalue weighted by molar-refractivity contribution is 7.89. The first kappa shape index (κ1) is 15.7. The fourth-order valence-corrected chi connectivity index (χ4v) is 4.81. The molecule has 1 aliphatic heterocycles. The van der Waals surface area contributed by atoms with Crippen molar-refractivity contribution in [3.63, 3.8) is 0 Å². The van der Waals surface area contributed by atoms with Crippen molar-refractivity contribution in [3.05, 3.63) is 64.3 Å². The smallest absolute Gasteiger partial charge is 0.243 e. The Morgan fingerprint density at radius 3 is 2.62 bits per heavy atom. The molecule has 1 N–H and O–H groups in total. The van der Waals surface area contributed by atoms with E-state index in [1.165, 1.54) is 0 Å². The van der Waals surface area contributed by atoms with Crippen molar-refractivity contribution >= 4 is 32.5 Å². The van der Waals surface area contributed by atoms with E-state index in [0.717, 1.165) is 27.7 Å². The summed E-state index contributed by atoms with van der Waals surface area (Å²) in [7, 11) is -3.49. The summed E-state index contributed by atoms with van der Waals surface area (Å²) in [6.45, 7) is 2.79. The number of fused-ring (bicyclic) bond motifs is 3. The molecule has 0 saturated heterocycles. The second-order valence-corrected chi connectivity index (χ2v) is 8.55. The summed E-state index contributed by atoms with van der Waals surface area (Å²) >= 11 is 6.11. The number of nitrogens with zero attached hydrogens (tertiary/aromatic N) is 1. The van der Waals surface area contributed by atoms with E-state index in [4.69, 9.17) is 11.6 Å². The van der Waals surface area contributed by atoms with Crippen LogP contribution in [0.5, 0.6) is 0 Å². The lowest BCUT2D eigenvalue weighted by Crippen LogP contribution is -2.35. The average molecular weight is 361 g/mol. The first-order valence-electron chi connectivity index (χ1n) is 7.81. The van der Waals surface area contributed by atoms with E-state index in [-0.39, 0.29) is 0 Å². The van der Waals surface area contributed by atoms with E-state index in [1.807, 2.05) is 37.3 Å². The second kappa shape index (κ2) is 5.62. The van der Waals surface area contributed by atoms with E-state index in [1.54, 1.807) is 16.4 Å². The van der Waals surface area contributed by atoms with E-state index < -0.39 is 10.0 Å². The number of halogens is 1. The molecule has 1 aliphatic rings. The molecule has 6 heteroatoms. The van der Waals surface area contributed by atoms with Crippen LogP contribution in [0.3, 0.4) is 0 Å². The van der Waals surface area contributed by atoms with E-state index >= 15 is 0 Å². The topological polar surface area (TPSA) is 53.2 Å². The van der Waals surface area contributed by atoms with Crippen molar-refractivity contribution in [2.75, 3.05) is 6.54 Å². The van der Waals surface area contributed by atoms with Crippen molar-refractivity contribution in [1.82, 2.24) is 9.29 Å². The maximum absolute atomic E-state index is 12.9. The molecule has 0 fully saturated rings. The fourth-order valence-electron chi connectivity index (χ4n) is 3.23. The summed E-state index contributed by atoms with van der Waals surface area (Å²) in [6.07, 6.45) is 0.673. The summed E-state index contributed by atoms with van der Waals surface area (Å²) in [4.78, 5) is 3.72. The predicted octanol–water partition coefficient (Wildman–Crippen LogP) is 3.88. The number of hydrogen-bond acceptors (Lipinski definition) is 2. The fraction of sp³-hybridized carbons (Fsp3) is 0.222.